The third-order valence-electron chi connectivity index (χ3n) is 4.65. The minimum Gasteiger partial charge on any atom is -0.441 e. The quantitative estimate of drug-likeness (QED) is 0.568. The second-order valence-electron chi connectivity index (χ2n) is 6.53. The van der Waals surface area contributed by atoms with Crippen LogP contribution in [-0.2, 0) is 13.5 Å². The number of carbonyl (C=O) groups excluding carboxylic acids is 1. The molecular formula is C21H19FN4O2. The van der Waals surface area contributed by atoms with Crippen molar-refractivity contribution in [2.24, 2.45) is 7.05 Å². The molecule has 0 unspecified atom stereocenters. The molecule has 4 aromatic rings. The zero-order valence-electron chi connectivity index (χ0n) is 15.8. The summed E-state index contributed by atoms with van der Waals surface area (Å²) in [5.41, 5.74) is 3.25. The first-order chi connectivity index (χ1) is 13.5. The first kappa shape index (κ1) is 17.9. The van der Waals surface area contributed by atoms with Crippen LogP contribution in [0.15, 0.2) is 46.9 Å². The average Bonchev–Trinajstić information content (AvgIpc) is 3.22. The number of fused-ring (bicyclic) bond motifs is 1. The molecule has 2 aromatic heterocycles. The van der Waals surface area contributed by atoms with Crippen LogP contribution in [0.5, 0.6) is 0 Å². The SMILES string of the molecule is CCc1nc2cc(NC(=O)c3nc(-c4ccc(F)cc4)oc3C)ccc2n1C. The van der Waals surface area contributed by atoms with Crippen molar-refractivity contribution in [1.82, 2.24) is 14.5 Å². The van der Waals surface area contributed by atoms with Crippen LogP contribution in [0.3, 0.4) is 0 Å². The van der Waals surface area contributed by atoms with Gasteiger partial charge in [0.05, 0.1) is 11.0 Å². The van der Waals surface area contributed by atoms with Gasteiger partial charge < -0.3 is 14.3 Å². The Labute approximate surface area is 161 Å². The van der Waals surface area contributed by atoms with Gasteiger partial charge in [0.2, 0.25) is 5.89 Å². The number of aromatic nitrogens is 3. The Kier molecular flexibility index (Phi) is 4.43. The topological polar surface area (TPSA) is 73.0 Å². The highest BCUT2D eigenvalue weighted by atomic mass is 19.1. The summed E-state index contributed by atoms with van der Waals surface area (Å²) in [5, 5.41) is 2.84. The lowest BCUT2D eigenvalue weighted by Gasteiger charge is -2.04. The molecule has 7 heteroatoms. The molecule has 4 rings (SSSR count). The molecular weight excluding hydrogens is 359 g/mol. The zero-order valence-corrected chi connectivity index (χ0v) is 15.8. The zero-order chi connectivity index (χ0) is 19.8. The van der Waals surface area contributed by atoms with Crippen molar-refractivity contribution in [2.75, 3.05) is 5.32 Å². The molecule has 0 bridgehead atoms. The van der Waals surface area contributed by atoms with Crippen LogP contribution in [-0.4, -0.2) is 20.4 Å². The van der Waals surface area contributed by atoms with E-state index in [1.807, 2.05) is 29.8 Å². The summed E-state index contributed by atoms with van der Waals surface area (Å²) in [6.45, 7) is 3.72. The predicted molar refractivity (Wildman–Crippen MR) is 105 cm³/mol. The predicted octanol–water partition coefficient (Wildman–Crippen LogP) is 4.49. The van der Waals surface area contributed by atoms with Crippen LogP contribution < -0.4 is 5.32 Å². The maximum absolute atomic E-state index is 13.1. The highest BCUT2D eigenvalue weighted by Crippen LogP contribution is 2.24. The van der Waals surface area contributed by atoms with Gasteiger partial charge in [-0.1, -0.05) is 6.92 Å². The highest BCUT2D eigenvalue weighted by molar-refractivity contribution is 6.04. The first-order valence-electron chi connectivity index (χ1n) is 8.96. The number of hydrogen-bond acceptors (Lipinski definition) is 4. The summed E-state index contributed by atoms with van der Waals surface area (Å²) < 4.78 is 20.7. The molecule has 0 spiro atoms. The number of rotatable bonds is 4. The van der Waals surface area contributed by atoms with Gasteiger partial charge in [-0.05, 0) is 49.4 Å². The minimum atomic E-state index is -0.374. The molecule has 0 aliphatic heterocycles. The molecule has 0 aliphatic carbocycles. The number of hydrogen-bond donors (Lipinski definition) is 1. The molecule has 0 atom stereocenters. The smallest absolute Gasteiger partial charge is 0.277 e. The van der Waals surface area contributed by atoms with Crippen LogP contribution in [0.1, 0.15) is 29.0 Å². The Balaban J connectivity index is 1.60. The summed E-state index contributed by atoms with van der Waals surface area (Å²) in [6, 6.07) is 11.4. The third kappa shape index (κ3) is 3.15. The van der Waals surface area contributed by atoms with Gasteiger partial charge in [0.15, 0.2) is 5.69 Å². The van der Waals surface area contributed by atoms with Crippen molar-refractivity contribution >= 4 is 22.6 Å². The van der Waals surface area contributed by atoms with E-state index in [4.69, 9.17) is 4.42 Å². The van der Waals surface area contributed by atoms with E-state index in [0.717, 1.165) is 23.3 Å². The molecule has 2 aromatic carbocycles. The summed E-state index contributed by atoms with van der Waals surface area (Å²) in [4.78, 5) is 21.5. The van der Waals surface area contributed by atoms with Crippen LogP contribution in [0.25, 0.3) is 22.5 Å². The standard InChI is InChI=1S/C21H19FN4O2/c1-4-18-24-16-11-15(9-10-17(16)26(18)3)23-20(27)19-12(2)28-21(25-19)13-5-7-14(22)8-6-13/h5-11H,4H2,1-3H3,(H,23,27). The van der Waals surface area contributed by atoms with Crippen molar-refractivity contribution in [3.05, 3.63) is 65.6 Å². The van der Waals surface area contributed by atoms with Crippen molar-refractivity contribution in [3.63, 3.8) is 0 Å². The van der Waals surface area contributed by atoms with E-state index < -0.39 is 0 Å². The molecule has 1 N–H and O–H groups in total. The number of halogens is 1. The Morgan fingerprint density at radius 3 is 2.64 bits per heavy atom. The van der Waals surface area contributed by atoms with Gasteiger partial charge in [-0.3, -0.25) is 4.79 Å². The lowest BCUT2D eigenvalue weighted by Crippen LogP contribution is -2.13. The molecule has 0 saturated carbocycles. The number of aryl methyl sites for hydroxylation is 3. The van der Waals surface area contributed by atoms with E-state index in [-0.39, 0.29) is 23.3 Å². The number of carbonyl (C=O) groups is 1. The largest absolute Gasteiger partial charge is 0.441 e. The van der Waals surface area contributed by atoms with Crippen LogP contribution in [0, 0.1) is 12.7 Å². The van der Waals surface area contributed by atoms with Crippen molar-refractivity contribution in [3.8, 4) is 11.5 Å². The van der Waals surface area contributed by atoms with E-state index in [0.29, 0.717) is 17.0 Å². The molecule has 1 amide bonds. The second-order valence-corrected chi connectivity index (χ2v) is 6.53. The monoisotopic (exact) mass is 378 g/mol. The molecule has 142 valence electrons. The molecule has 6 nitrogen and oxygen atoms in total. The molecule has 28 heavy (non-hydrogen) atoms. The Morgan fingerprint density at radius 1 is 1.18 bits per heavy atom. The van der Waals surface area contributed by atoms with Gasteiger partial charge in [-0.2, -0.15) is 0 Å². The van der Waals surface area contributed by atoms with Gasteiger partial charge in [0.1, 0.15) is 17.4 Å². The fourth-order valence-corrected chi connectivity index (χ4v) is 3.16. The lowest BCUT2D eigenvalue weighted by molar-refractivity contribution is 0.102. The molecule has 0 aliphatic rings. The second kappa shape index (κ2) is 6.92. The molecule has 0 radical (unpaired) electrons. The maximum Gasteiger partial charge on any atom is 0.277 e. The number of anilines is 1. The fraction of sp³-hybridized carbons (Fsp3) is 0.190. The fourth-order valence-electron chi connectivity index (χ4n) is 3.16. The number of nitrogens with zero attached hydrogens (tertiary/aromatic N) is 3. The summed E-state index contributed by atoms with van der Waals surface area (Å²) >= 11 is 0. The Morgan fingerprint density at radius 2 is 1.93 bits per heavy atom. The number of nitrogens with one attached hydrogen (secondary N) is 1. The Bertz CT molecular complexity index is 1180. The lowest BCUT2D eigenvalue weighted by atomic mass is 10.2. The normalized spacial score (nSPS) is 11.1. The number of benzene rings is 2. The van der Waals surface area contributed by atoms with Crippen molar-refractivity contribution < 1.29 is 13.6 Å². The number of imidazole rings is 1. The number of amides is 1. The first-order valence-corrected chi connectivity index (χ1v) is 8.96. The van der Waals surface area contributed by atoms with Crippen molar-refractivity contribution in [1.29, 1.82) is 0 Å². The van der Waals surface area contributed by atoms with E-state index in [9.17, 15) is 9.18 Å². The van der Waals surface area contributed by atoms with Crippen LogP contribution >= 0.6 is 0 Å². The van der Waals surface area contributed by atoms with E-state index in [2.05, 4.69) is 22.2 Å². The molecule has 2 heterocycles. The van der Waals surface area contributed by atoms with Gasteiger partial charge in [0.25, 0.3) is 5.91 Å². The van der Waals surface area contributed by atoms with E-state index in [1.54, 1.807) is 19.1 Å². The van der Waals surface area contributed by atoms with Crippen molar-refractivity contribution in [2.45, 2.75) is 20.3 Å². The Hall–Kier alpha value is -3.48. The van der Waals surface area contributed by atoms with Gasteiger partial charge >= 0.3 is 0 Å². The number of oxazole rings is 1. The molecule has 0 fully saturated rings. The van der Waals surface area contributed by atoms with Gasteiger partial charge in [-0.15, -0.1) is 0 Å². The van der Waals surface area contributed by atoms with E-state index >= 15 is 0 Å². The summed E-state index contributed by atoms with van der Waals surface area (Å²) in [6.07, 6.45) is 0.831. The van der Waals surface area contributed by atoms with E-state index in [1.165, 1.54) is 12.1 Å². The van der Waals surface area contributed by atoms with Gasteiger partial charge in [0, 0.05) is 24.7 Å². The van der Waals surface area contributed by atoms with Crippen LogP contribution in [0.2, 0.25) is 0 Å². The van der Waals surface area contributed by atoms with Crippen LogP contribution in [0.4, 0.5) is 10.1 Å². The molecule has 0 saturated heterocycles. The highest BCUT2D eigenvalue weighted by Gasteiger charge is 2.19. The average molecular weight is 378 g/mol. The minimum absolute atomic E-state index is 0.190. The third-order valence-corrected chi connectivity index (χ3v) is 4.65. The summed E-state index contributed by atoms with van der Waals surface area (Å²) in [7, 11) is 1.97. The summed E-state index contributed by atoms with van der Waals surface area (Å²) in [5.74, 6) is 0.927. The maximum atomic E-state index is 13.1. The van der Waals surface area contributed by atoms with Gasteiger partial charge in [-0.25, -0.2) is 14.4 Å².